The maximum Gasteiger partial charge on any atom is 0.412 e. The topological polar surface area (TPSA) is 56.8 Å². The first-order valence-corrected chi connectivity index (χ1v) is 4.33. The molecule has 0 spiro atoms. The first kappa shape index (κ1) is 11.2. The molecule has 5 nitrogen and oxygen atoms in total. The van der Waals surface area contributed by atoms with E-state index in [9.17, 15) is 4.79 Å². The lowest BCUT2D eigenvalue weighted by molar-refractivity contribution is 0.200. The standard InChI is InChI=1S/C10H13NO4/c1-11-10(12)15-8-6-4-5-7(13-2)9(8)14-3/h4-6H,1-3H3,(H,11,12). The highest BCUT2D eigenvalue weighted by Gasteiger charge is 2.12. The Balaban J connectivity index is 3.00. The molecule has 1 aromatic carbocycles. The minimum absolute atomic E-state index is 0.316. The summed E-state index contributed by atoms with van der Waals surface area (Å²) in [4.78, 5) is 11.0. The second-order valence-corrected chi connectivity index (χ2v) is 2.63. The number of para-hydroxylation sites is 1. The van der Waals surface area contributed by atoms with Crippen LogP contribution >= 0.6 is 0 Å². The molecule has 5 heteroatoms. The molecule has 1 aromatic rings. The number of methoxy groups -OCH3 is 2. The summed E-state index contributed by atoms with van der Waals surface area (Å²) >= 11 is 0. The Morgan fingerprint density at radius 2 is 1.87 bits per heavy atom. The van der Waals surface area contributed by atoms with E-state index in [4.69, 9.17) is 14.2 Å². The van der Waals surface area contributed by atoms with Gasteiger partial charge in [0.2, 0.25) is 5.75 Å². The van der Waals surface area contributed by atoms with Crippen molar-refractivity contribution in [3.63, 3.8) is 0 Å². The van der Waals surface area contributed by atoms with Gasteiger partial charge in [0.1, 0.15) is 0 Å². The van der Waals surface area contributed by atoms with Crippen LogP contribution in [0.5, 0.6) is 17.2 Å². The third kappa shape index (κ3) is 2.52. The maximum absolute atomic E-state index is 11.0. The SMILES string of the molecule is CNC(=O)Oc1cccc(OC)c1OC. The molecule has 0 aliphatic rings. The van der Waals surface area contributed by atoms with Crippen molar-refractivity contribution in [2.45, 2.75) is 0 Å². The number of benzene rings is 1. The van der Waals surface area contributed by atoms with Crippen molar-refractivity contribution in [3.8, 4) is 17.2 Å². The van der Waals surface area contributed by atoms with Crippen molar-refractivity contribution >= 4 is 6.09 Å². The molecule has 0 saturated heterocycles. The van der Waals surface area contributed by atoms with Gasteiger partial charge in [-0.25, -0.2) is 4.79 Å². The molecular weight excluding hydrogens is 198 g/mol. The van der Waals surface area contributed by atoms with Crippen LogP contribution in [0.3, 0.4) is 0 Å². The van der Waals surface area contributed by atoms with Crippen LogP contribution in [0.15, 0.2) is 18.2 Å². The summed E-state index contributed by atoms with van der Waals surface area (Å²) in [5.74, 6) is 1.22. The molecule has 0 radical (unpaired) electrons. The van der Waals surface area contributed by atoms with Crippen LogP contribution in [-0.4, -0.2) is 27.4 Å². The minimum Gasteiger partial charge on any atom is -0.493 e. The zero-order chi connectivity index (χ0) is 11.3. The van der Waals surface area contributed by atoms with E-state index in [2.05, 4.69) is 5.32 Å². The van der Waals surface area contributed by atoms with E-state index in [0.29, 0.717) is 17.2 Å². The average molecular weight is 211 g/mol. The molecule has 0 fully saturated rings. The van der Waals surface area contributed by atoms with Crippen LogP contribution in [-0.2, 0) is 0 Å². The predicted molar refractivity (Wildman–Crippen MR) is 54.6 cm³/mol. The largest absolute Gasteiger partial charge is 0.493 e. The smallest absolute Gasteiger partial charge is 0.412 e. The van der Waals surface area contributed by atoms with E-state index >= 15 is 0 Å². The van der Waals surface area contributed by atoms with E-state index in [0.717, 1.165) is 0 Å². The highest BCUT2D eigenvalue weighted by molar-refractivity contribution is 5.71. The summed E-state index contributed by atoms with van der Waals surface area (Å²) in [6.07, 6.45) is -0.554. The molecule has 0 aliphatic carbocycles. The van der Waals surface area contributed by atoms with Crippen LogP contribution in [0.1, 0.15) is 0 Å². The normalized spacial score (nSPS) is 9.27. The Morgan fingerprint density at radius 3 is 2.40 bits per heavy atom. The molecule has 0 atom stereocenters. The number of hydrogen-bond acceptors (Lipinski definition) is 4. The van der Waals surface area contributed by atoms with E-state index in [-0.39, 0.29) is 0 Å². The van der Waals surface area contributed by atoms with Gasteiger partial charge in [-0.2, -0.15) is 0 Å². The Labute approximate surface area is 87.9 Å². The number of carbonyl (C=O) groups excluding carboxylic acids is 1. The van der Waals surface area contributed by atoms with Crippen molar-refractivity contribution in [2.75, 3.05) is 21.3 Å². The minimum atomic E-state index is -0.554. The molecule has 1 N–H and O–H groups in total. The van der Waals surface area contributed by atoms with Crippen LogP contribution in [0.2, 0.25) is 0 Å². The fourth-order valence-electron chi connectivity index (χ4n) is 1.09. The molecular formula is C10H13NO4. The predicted octanol–water partition coefficient (Wildman–Crippen LogP) is 1.42. The van der Waals surface area contributed by atoms with E-state index in [1.54, 1.807) is 18.2 Å². The van der Waals surface area contributed by atoms with Crippen molar-refractivity contribution in [2.24, 2.45) is 0 Å². The molecule has 1 amide bonds. The third-order valence-corrected chi connectivity index (χ3v) is 1.77. The molecule has 1 rings (SSSR count). The molecule has 0 heterocycles. The van der Waals surface area contributed by atoms with Gasteiger partial charge in [-0.05, 0) is 12.1 Å². The fraction of sp³-hybridized carbons (Fsp3) is 0.300. The van der Waals surface area contributed by atoms with Gasteiger partial charge in [0.25, 0.3) is 0 Å². The summed E-state index contributed by atoms with van der Waals surface area (Å²) < 4.78 is 15.1. The van der Waals surface area contributed by atoms with Gasteiger partial charge in [0.05, 0.1) is 14.2 Å². The number of nitrogens with one attached hydrogen (secondary N) is 1. The van der Waals surface area contributed by atoms with Crippen molar-refractivity contribution < 1.29 is 19.0 Å². The molecule has 82 valence electrons. The molecule has 0 aromatic heterocycles. The summed E-state index contributed by atoms with van der Waals surface area (Å²) in [5.41, 5.74) is 0. The molecule has 0 bridgehead atoms. The highest BCUT2D eigenvalue weighted by atomic mass is 16.6. The second kappa shape index (κ2) is 5.09. The van der Waals surface area contributed by atoms with Crippen LogP contribution in [0.4, 0.5) is 4.79 Å². The zero-order valence-corrected chi connectivity index (χ0v) is 8.87. The Bertz CT molecular complexity index is 351. The lowest BCUT2D eigenvalue weighted by Gasteiger charge is -2.11. The Hall–Kier alpha value is -1.91. The first-order chi connectivity index (χ1) is 7.22. The summed E-state index contributed by atoms with van der Waals surface area (Å²) in [5, 5.41) is 2.34. The van der Waals surface area contributed by atoms with Gasteiger partial charge in [0.15, 0.2) is 11.5 Å². The number of hydrogen-bond donors (Lipinski definition) is 1. The maximum atomic E-state index is 11.0. The highest BCUT2D eigenvalue weighted by Crippen LogP contribution is 2.36. The van der Waals surface area contributed by atoms with Gasteiger partial charge in [-0.3, -0.25) is 0 Å². The Morgan fingerprint density at radius 1 is 1.20 bits per heavy atom. The molecule has 0 saturated carbocycles. The number of rotatable bonds is 3. The van der Waals surface area contributed by atoms with Gasteiger partial charge < -0.3 is 19.5 Å². The van der Waals surface area contributed by atoms with Crippen molar-refractivity contribution in [1.82, 2.24) is 5.32 Å². The Kier molecular flexibility index (Phi) is 3.79. The van der Waals surface area contributed by atoms with Crippen molar-refractivity contribution in [3.05, 3.63) is 18.2 Å². The first-order valence-electron chi connectivity index (χ1n) is 4.33. The van der Waals surface area contributed by atoms with E-state index < -0.39 is 6.09 Å². The second-order valence-electron chi connectivity index (χ2n) is 2.63. The van der Waals surface area contributed by atoms with Crippen LogP contribution < -0.4 is 19.5 Å². The number of amides is 1. The quantitative estimate of drug-likeness (QED) is 0.821. The fourth-order valence-corrected chi connectivity index (χ4v) is 1.09. The van der Waals surface area contributed by atoms with E-state index in [1.807, 2.05) is 0 Å². The molecule has 0 aliphatic heterocycles. The average Bonchev–Trinajstić information content (AvgIpc) is 2.28. The van der Waals surface area contributed by atoms with Crippen LogP contribution in [0.25, 0.3) is 0 Å². The monoisotopic (exact) mass is 211 g/mol. The summed E-state index contributed by atoms with van der Waals surface area (Å²) in [7, 11) is 4.48. The van der Waals surface area contributed by atoms with E-state index in [1.165, 1.54) is 21.3 Å². The van der Waals surface area contributed by atoms with Gasteiger partial charge in [-0.15, -0.1) is 0 Å². The number of ether oxygens (including phenoxy) is 3. The van der Waals surface area contributed by atoms with Gasteiger partial charge in [-0.1, -0.05) is 6.07 Å². The lowest BCUT2D eigenvalue weighted by Crippen LogP contribution is -2.22. The van der Waals surface area contributed by atoms with Crippen molar-refractivity contribution in [1.29, 1.82) is 0 Å². The third-order valence-electron chi connectivity index (χ3n) is 1.77. The van der Waals surface area contributed by atoms with Gasteiger partial charge >= 0.3 is 6.09 Å². The lowest BCUT2D eigenvalue weighted by atomic mass is 10.3. The summed E-state index contributed by atoms with van der Waals surface area (Å²) in [6.45, 7) is 0. The van der Waals surface area contributed by atoms with Gasteiger partial charge in [0, 0.05) is 7.05 Å². The number of carbonyl (C=O) groups is 1. The summed E-state index contributed by atoms with van der Waals surface area (Å²) in [6, 6.07) is 5.05. The molecule has 0 unspecified atom stereocenters. The molecule has 15 heavy (non-hydrogen) atoms. The van der Waals surface area contributed by atoms with Crippen LogP contribution in [0, 0.1) is 0 Å². The zero-order valence-electron chi connectivity index (χ0n) is 8.87.